The Balaban J connectivity index is 2.23. The Labute approximate surface area is 108 Å². The van der Waals surface area contributed by atoms with Crippen LogP contribution in [-0.2, 0) is 11.2 Å². The number of carbonyl (C=O) groups is 1. The normalized spacial score (nSPS) is 28.0. The van der Waals surface area contributed by atoms with Crippen LogP contribution in [0.4, 0.5) is 0 Å². The number of carboxylic acids is 1. The molecule has 0 aliphatic heterocycles. The van der Waals surface area contributed by atoms with Crippen LogP contribution in [0, 0.1) is 18.3 Å². The molecule has 3 nitrogen and oxygen atoms in total. The molecule has 1 aliphatic carbocycles. The summed E-state index contributed by atoms with van der Waals surface area (Å²) in [6, 6.07) is 2.05. The molecule has 1 N–H and O–H groups in total. The minimum Gasteiger partial charge on any atom is -0.481 e. The largest absolute Gasteiger partial charge is 0.481 e. The Kier molecular flexibility index (Phi) is 3.69. The van der Waals surface area contributed by atoms with E-state index in [1.165, 1.54) is 0 Å². The van der Waals surface area contributed by atoms with E-state index < -0.39 is 11.4 Å². The van der Waals surface area contributed by atoms with Gasteiger partial charge in [0.25, 0.3) is 0 Å². The van der Waals surface area contributed by atoms with Crippen LogP contribution in [0.3, 0.4) is 0 Å². The number of rotatable bonds is 3. The Bertz CT molecular complexity index is 444. The molecule has 0 aromatic carbocycles. The van der Waals surface area contributed by atoms with Gasteiger partial charge >= 0.3 is 5.97 Å². The van der Waals surface area contributed by atoms with E-state index in [4.69, 9.17) is 0 Å². The van der Waals surface area contributed by atoms with Crippen molar-refractivity contribution < 1.29 is 9.90 Å². The quantitative estimate of drug-likeness (QED) is 0.892. The van der Waals surface area contributed by atoms with E-state index in [1.54, 1.807) is 12.4 Å². The van der Waals surface area contributed by atoms with Crippen LogP contribution >= 0.6 is 0 Å². The number of aromatic nitrogens is 1. The fourth-order valence-electron chi connectivity index (χ4n) is 3.20. The van der Waals surface area contributed by atoms with E-state index >= 15 is 0 Å². The average Bonchev–Trinajstić information content (AvgIpc) is 2.28. The Morgan fingerprint density at radius 2 is 2.33 bits per heavy atom. The molecule has 2 atom stereocenters. The summed E-state index contributed by atoms with van der Waals surface area (Å²) in [5.41, 5.74) is 1.57. The number of aliphatic carboxylic acids is 1. The maximum atomic E-state index is 11.7. The lowest BCUT2D eigenvalue weighted by Gasteiger charge is -2.36. The fraction of sp³-hybridized carbons (Fsp3) is 0.600. The highest BCUT2D eigenvalue weighted by Crippen LogP contribution is 2.42. The lowest BCUT2D eigenvalue weighted by atomic mass is 9.67. The number of hydrogen-bond donors (Lipinski definition) is 1. The van der Waals surface area contributed by atoms with Gasteiger partial charge < -0.3 is 5.11 Å². The van der Waals surface area contributed by atoms with E-state index in [0.29, 0.717) is 12.3 Å². The summed E-state index contributed by atoms with van der Waals surface area (Å²) in [5, 5.41) is 9.62. The standard InChI is InChI=1S/C15H21NO2/c1-11-4-3-5-15(7-11,14(17)18)8-13-6-12(2)9-16-10-13/h6,9-11H,3-5,7-8H2,1-2H3,(H,17,18). The second kappa shape index (κ2) is 5.09. The van der Waals surface area contributed by atoms with Crippen LogP contribution < -0.4 is 0 Å². The van der Waals surface area contributed by atoms with Gasteiger partial charge in [0.2, 0.25) is 0 Å². The molecule has 1 aliphatic rings. The predicted octanol–water partition coefficient (Wildman–Crippen LogP) is 3.21. The van der Waals surface area contributed by atoms with Gasteiger partial charge in [0.15, 0.2) is 0 Å². The van der Waals surface area contributed by atoms with E-state index in [0.717, 1.165) is 36.8 Å². The van der Waals surface area contributed by atoms with Gasteiger partial charge in [-0.3, -0.25) is 9.78 Å². The van der Waals surface area contributed by atoms with Crippen LogP contribution in [0.25, 0.3) is 0 Å². The molecule has 2 unspecified atom stereocenters. The highest BCUT2D eigenvalue weighted by molar-refractivity contribution is 5.75. The van der Waals surface area contributed by atoms with Crippen LogP contribution in [0.15, 0.2) is 18.5 Å². The van der Waals surface area contributed by atoms with E-state index in [1.807, 2.05) is 6.92 Å². The minimum atomic E-state index is -0.643. The van der Waals surface area contributed by atoms with Crippen molar-refractivity contribution in [3.05, 3.63) is 29.6 Å². The molecule has 2 rings (SSSR count). The van der Waals surface area contributed by atoms with Crippen LogP contribution in [0.2, 0.25) is 0 Å². The summed E-state index contributed by atoms with van der Waals surface area (Å²) in [5.74, 6) is -0.136. The Morgan fingerprint density at radius 1 is 1.56 bits per heavy atom. The maximum absolute atomic E-state index is 11.7. The van der Waals surface area contributed by atoms with Crippen molar-refractivity contribution in [2.45, 2.75) is 46.0 Å². The number of hydrogen-bond acceptors (Lipinski definition) is 2. The molecule has 18 heavy (non-hydrogen) atoms. The fourth-order valence-corrected chi connectivity index (χ4v) is 3.20. The van der Waals surface area contributed by atoms with Crippen molar-refractivity contribution in [2.75, 3.05) is 0 Å². The van der Waals surface area contributed by atoms with E-state index in [2.05, 4.69) is 18.0 Å². The molecular formula is C15H21NO2. The highest BCUT2D eigenvalue weighted by atomic mass is 16.4. The monoisotopic (exact) mass is 247 g/mol. The first kappa shape index (κ1) is 13.1. The van der Waals surface area contributed by atoms with E-state index in [9.17, 15) is 9.90 Å². The number of carboxylic acid groups (broad SMARTS) is 1. The van der Waals surface area contributed by atoms with Crippen molar-refractivity contribution in [3.8, 4) is 0 Å². The maximum Gasteiger partial charge on any atom is 0.309 e. The second-order valence-corrected chi connectivity index (χ2v) is 5.83. The number of nitrogens with zero attached hydrogens (tertiary/aromatic N) is 1. The zero-order chi connectivity index (χ0) is 13.2. The van der Waals surface area contributed by atoms with Gasteiger partial charge in [0, 0.05) is 12.4 Å². The van der Waals surface area contributed by atoms with Gasteiger partial charge in [-0.05, 0) is 43.2 Å². The SMILES string of the molecule is Cc1cncc(CC2(C(=O)O)CCCC(C)C2)c1. The molecule has 1 heterocycles. The van der Waals surface area contributed by atoms with Crippen LogP contribution in [0.1, 0.15) is 43.7 Å². The van der Waals surface area contributed by atoms with Gasteiger partial charge in [0.1, 0.15) is 0 Å². The minimum absolute atomic E-state index is 0.507. The van der Waals surface area contributed by atoms with Gasteiger partial charge in [-0.15, -0.1) is 0 Å². The second-order valence-electron chi connectivity index (χ2n) is 5.83. The summed E-state index contributed by atoms with van der Waals surface area (Å²) in [7, 11) is 0. The van der Waals surface area contributed by atoms with Gasteiger partial charge in [0.05, 0.1) is 5.41 Å². The van der Waals surface area contributed by atoms with Crippen molar-refractivity contribution in [1.82, 2.24) is 4.98 Å². The first-order valence-corrected chi connectivity index (χ1v) is 6.66. The first-order valence-electron chi connectivity index (χ1n) is 6.66. The van der Waals surface area contributed by atoms with Gasteiger partial charge in [-0.2, -0.15) is 0 Å². The van der Waals surface area contributed by atoms with Crippen LogP contribution in [-0.4, -0.2) is 16.1 Å². The molecule has 0 saturated heterocycles. The number of pyridine rings is 1. The lowest BCUT2D eigenvalue weighted by molar-refractivity contribution is -0.152. The third-order valence-electron chi connectivity index (χ3n) is 4.02. The third kappa shape index (κ3) is 2.71. The van der Waals surface area contributed by atoms with Crippen molar-refractivity contribution in [2.24, 2.45) is 11.3 Å². The molecule has 0 bridgehead atoms. The molecule has 1 aromatic rings. The zero-order valence-corrected chi connectivity index (χ0v) is 11.1. The van der Waals surface area contributed by atoms with Gasteiger partial charge in [-0.1, -0.05) is 25.8 Å². The van der Waals surface area contributed by atoms with E-state index in [-0.39, 0.29) is 0 Å². The van der Waals surface area contributed by atoms with Gasteiger partial charge in [-0.25, -0.2) is 0 Å². The molecule has 1 saturated carbocycles. The first-order chi connectivity index (χ1) is 8.52. The molecule has 0 amide bonds. The zero-order valence-electron chi connectivity index (χ0n) is 11.1. The molecule has 98 valence electrons. The summed E-state index contributed by atoms with van der Waals surface area (Å²) in [6.07, 6.45) is 7.98. The number of aryl methyl sites for hydroxylation is 1. The average molecular weight is 247 g/mol. The summed E-state index contributed by atoms with van der Waals surface area (Å²) in [6.45, 7) is 4.15. The molecular weight excluding hydrogens is 226 g/mol. The third-order valence-corrected chi connectivity index (χ3v) is 4.02. The Morgan fingerprint density at radius 3 is 2.94 bits per heavy atom. The predicted molar refractivity (Wildman–Crippen MR) is 70.4 cm³/mol. The van der Waals surface area contributed by atoms with Crippen molar-refractivity contribution in [1.29, 1.82) is 0 Å². The summed E-state index contributed by atoms with van der Waals surface area (Å²) >= 11 is 0. The molecule has 3 heteroatoms. The molecule has 0 spiro atoms. The summed E-state index contributed by atoms with van der Waals surface area (Å²) in [4.78, 5) is 15.9. The lowest BCUT2D eigenvalue weighted by Crippen LogP contribution is -2.38. The smallest absolute Gasteiger partial charge is 0.309 e. The molecule has 1 fully saturated rings. The molecule has 1 aromatic heterocycles. The van der Waals surface area contributed by atoms with Crippen LogP contribution in [0.5, 0.6) is 0 Å². The van der Waals surface area contributed by atoms with Crippen molar-refractivity contribution >= 4 is 5.97 Å². The topological polar surface area (TPSA) is 50.2 Å². The molecule has 0 radical (unpaired) electrons. The highest BCUT2D eigenvalue weighted by Gasteiger charge is 2.41. The summed E-state index contributed by atoms with van der Waals surface area (Å²) < 4.78 is 0. The van der Waals surface area contributed by atoms with Crippen molar-refractivity contribution in [3.63, 3.8) is 0 Å². The Hall–Kier alpha value is -1.38.